The Kier molecular flexibility index (Phi) is 4.94. The third-order valence-electron chi connectivity index (χ3n) is 2.83. The zero-order valence-electron chi connectivity index (χ0n) is 10.4. The summed E-state index contributed by atoms with van der Waals surface area (Å²) in [4.78, 5) is 21.0. The molecule has 1 aromatic rings. The molecule has 1 aliphatic rings. The third-order valence-corrected chi connectivity index (χ3v) is 3.93. The van der Waals surface area contributed by atoms with Gasteiger partial charge in [-0.1, -0.05) is 11.6 Å². The lowest BCUT2D eigenvalue weighted by Crippen LogP contribution is -2.49. The van der Waals surface area contributed by atoms with Crippen LogP contribution >= 0.6 is 22.9 Å². The van der Waals surface area contributed by atoms with Gasteiger partial charge in [0.1, 0.15) is 0 Å². The van der Waals surface area contributed by atoms with Gasteiger partial charge < -0.3 is 10.2 Å². The predicted molar refractivity (Wildman–Crippen MR) is 72.9 cm³/mol. The molecule has 0 saturated carbocycles. The number of aromatic nitrogens is 1. The molecular weight excluding hydrogens is 272 g/mol. The largest absolute Gasteiger partial charge is 0.339 e. The number of carbonyl (C=O) groups is 1. The molecule has 1 fully saturated rings. The fourth-order valence-electron chi connectivity index (χ4n) is 1.92. The van der Waals surface area contributed by atoms with Gasteiger partial charge in [0.2, 0.25) is 5.91 Å². The van der Waals surface area contributed by atoms with E-state index in [1.165, 1.54) is 11.3 Å². The molecule has 7 heteroatoms. The van der Waals surface area contributed by atoms with Gasteiger partial charge in [0.25, 0.3) is 0 Å². The van der Waals surface area contributed by atoms with E-state index in [9.17, 15) is 4.79 Å². The number of rotatable bonds is 4. The molecule has 2 rings (SSSR count). The van der Waals surface area contributed by atoms with Crippen molar-refractivity contribution in [3.63, 3.8) is 0 Å². The van der Waals surface area contributed by atoms with Crippen LogP contribution in [0.25, 0.3) is 0 Å². The van der Waals surface area contributed by atoms with E-state index in [-0.39, 0.29) is 5.91 Å². The molecule has 1 aliphatic heterocycles. The quantitative estimate of drug-likeness (QED) is 0.884. The van der Waals surface area contributed by atoms with Crippen LogP contribution in [0.5, 0.6) is 0 Å². The molecule has 18 heavy (non-hydrogen) atoms. The zero-order chi connectivity index (χ0) is 13.0. The molecule has 0 aromatic carbocycles. The predicted octanol–water partition coefficient (Wildman–Crippen LogP) is 0.660. The Morgan fingerprint density at radius 2 is 2.33 bits per heavy atom. The van der Waals surface area contributed by atoms with Crippen molar-refractivity contribution in [2.24, 2.45) is 0 Å². The lowest BCUT2D eigenvalue weighted by atomic mass is 10.3. The Balaban J connectivity index is 1.79. The number of likely N-dealkylation sites (N-methyl/N-ethyl adjacent to an activating group) is 1. The van der Waals surface area contributed by atoms with Gasteiger partial charge in [0.05, 0.1) is 6.54 Å². The van der Waals surface area contributed by atoms with Crippen LogP contribution in [-0.4, -0.2) is 60.5 Å². The first-order chi connectivity index (χ1) is 8.65. The van der Waals surface area contributed by atoms with Crippen molar-refractivity contribution in [3.05, 3.63) is 15.5 Å². The summed E-state index contributed by atoms with van der Waals surface area (Å²) in [5, 5.41) is 3.24. The van der Waals surface area contributed by atoms with E-state index >= 15 is 0 Å². The van der Waals surface area contributed by atoms with E-state index in [2.05, 4.69) is 10.3 Å². The molecule has 1 saturated heterocycles. The van der Waals surface area contributed by atoms with E-state index in [1.807, 2.05) is 16.8 Å². The number of halogens is 1. The highest BCUT2D eigenvalue weighted by Gasteiger charge is 2.17. The molecule has 2 heterocycles. The van der Waals surface area contributed by atoms with Crippen LogP contribution in [0.3, 0.4) is 0 Å². The van der Waals surface area contributed by atoms with Crippen LogP contribution in [0.15, 0.2) is 6.20 Å². The number of thiazole rings is 1. The van der Waals surface area contributed by atoms with E-state index in [0.717, 1.165) is 31.1 Å². The molecule has 0 aliphatic carbocycles. The maximum atomic E-state index is 12.0. The van der Waals surface area contributed by atoms with Gasteiger partial charge in [-0.25, -0.2) is 4.98 Å². The lowest BCUT2D eigenvalue weighted by Gasteiger charge is -2.29. The van der Waals surface area contributed by atoms with Crippen molar-refractivity contribution < 1.29 is 4.79 Å². The number of nitrogens with one attached hydrogen (secondary N) is 1. The van der Waals surface area contributed by atoms with Crippen molar-refractivity contribution in [3.8, 4) is 0 Å². The van der Waals surface area contributed by atoms with Crippen LogP contribution < -0.4 is 5.32 Å². The molecule has 0 atom stereocenters. The lowest BCUT2D eigenvalue weighted by molar-refractivity contribution is -0.132. The average molecular weight is 289 g/mol. The van der Waals surface area contributed by atoms with Crippen LogP contribution in [-0.2, 0) is 11.3 Å². The average Bonchev–Trinajstić information content (AvgIpc) is 2.75. The highest BCUT2D eigenvalue weighted by Crippen LogP contribution is 2.18. The monoisotopic (exact) mass is 288 g/mol. The van der Waals surface area contributed by atoms with Gasteiger partial charge in [-0.15, -0.1) is 11.3 Å². The summed E-state index contributed by atoms with van der Waals surface area (Å²) in [5.74, 6) is 0.189. The summed E-state index contributed by atoms with van der Waals surface area (Å²) in [6.07, 6.45) is 1.76. The Bertz CT molecular complexity index is 406. The maximum Gasteiger partial charge on any atom is 0.236 e. The Morgan fingerprint density at radius 3 is 2.94 bits per heavy atom. The van der Waals surface area contributed by atoms with Crippen molar-refractivity contribution >= 4 is 28.8 Å². The van der Waals surface area contributed by atoms with Gasteiger partial charge >= 0.3 is 0 Å². The molecule has 0 spiro atoms. The first-order valence-electron chi connectivity index (χ1n) is 5.92. The minimum absolute atomic E-state index is 0.189. The molecule has 100 valence electrons. The summed E-state index contributed by atoms with van der Waals surface area (Å²) in [5.41, 5.74) is 0. The number of amides is 1. The number of hydrogen-bond donors (Lipinski definition) is 1. The molecule has 1 amide bonds. The standard InChI is InChI=1S/C11H17ClN4OS/c1-15(7-9-6-14-11(12)18-9)8-10(17)16-4-2-13-3-5-16/h6,13H,2-5,7-8H2,1H3. The molecule has 0 bridgehead atoms. The van der Waals surface area contributed by atoms with E-state index in [1.54, 1.807) is 6.20 Å². The summed E-state index contributed by atoms with van der Waals surface area (Å²) >= 11 is 7.23. The first kappa shape index (κ1) is 13.7. The minimum Gasteiger partial charge on any atom is -0.339 e. The van der Waals surface area contributed by atoms with E-state index < -0.39 is 0 Å². The van der Waals surface area contributed by atoms with E-state index in [0.29, 0.717) is 17.6 Å². The van der Waals surface area contributed by atoms with Crippen LogP contribution in [0, 0.1) is 0 Å². The minimum atomic E-state index is 0.189. The van der Waals surface area contributed by atoms with Gasteiger partial charge in [0, 0.05) is 43.8 Å². The highest BCUT2D eigenvalue weighted by molar-refractivity contribution is 7.15. The van der Waals surface area contributed by atoms with Gasteiger partial charge in [0.15, 0.2) is 4.47 Å². The fourth-order valence-corrected chi connectivity index (χ4v) is 2.98. The normalized spacial score (nSPS) is 16.3. The van der Waals surface area contributed by atoms with E-state index in [4.69, 9.17) is 11.6 Å². The maximum absolute atomic E-state index is 12.0. The Morgan fingerprint density at radius 1 is 1.61 bits per heavy atom. The molecule has 5 nitrogen and oxygen atoms in total. The topological polar surface area (TPSA) is 48.5 Å². The second-order valence-electron chi connectivity index (χ2n) is 4.38. The second-order valence-corrected chi connectivity index (χ2v) is 6.08. The highest BCUT2D eigenvalue weighted by atomic mass is 35.5. The van der Waals surface area contributed by atoms with Gasteiger partial charge in [-0.3, -0.25) is 9.69 Å². The smallest absolute Gasteiger partial charge is 0.236 e. The van der Waals surface area contributed by atoms with Crippen molar-refractivity contribution in [1.82, 2.24) is 20.1 Å². The molecular formula is C11H17ClN4OS. The third kappa shape index (κ3) is 3.91. The van der Waals surface area contributed by atoms with Crippen molar-refractivity contribution in [1.29, 1.82) is 0 Å². The number of nitrogens with zero attached hydrogens (tertiary/aromatic N) is 3. The zero-order valence-corrected chi connectivity index (χ0v) is 11.9. The van der Waals surface area contributed by atoms with Crippen LogP contribution in [0.4, 0.5) is 0 Å². The SMILES string of the molecule is CN(CC(=O)N1CCNCC1)Cc1cnc(Cl)s1. The molecule has 1 N–H and O–H groups in total. The van der Waals surface area contributed by atoms with Gasteiger partial charge in [-0.2, -0.15) is 0 Å². The number of piperazine rings is 1. The molecule has 1 aromatic heterocycles. The van der Waals surface area contributed by atoms with Crippen LogP contribution in [0.2, 0.25) is 4.47 Å². The summed E-state index contributed by atoms with van der Waals surface area (Å²) in [7, 11) is 1.94. The summed E-state index contributed by atoms with van der Waals surface area (Å²) < 4.78 is 0.548. The number of carbonyl (C=O) groups excluding carboxylic acids is 1. The summed E-state index contributed by atoms with van der Waals surface area (Å²) in [6.45, 7) is 4.54. The number of hydrogen-bond acceptors (Lipinski definition) is 5. The van der Waals surface area contributed by atoms with Crippen molar-refractivity contribution in [2.75, 3.05) is 39.8 Å². The molecule has 0 unspecified atom stereocenters. The molecule has 0 radical (unpaired) electrons. The Labute approximate surface area is 116 Å². The first-order valence-corrected chi connectivity index (χ1v) is 7.12. The second kappa shape index (κ2) is 6.47. The van der Waals surface area contributed by atoms with Crippen molar-refractivity contribution in [2.45, 2.75) is 6.54 Å². The van der Waals surface area contributed by atoms with Crippen LogP contribution in [0.1, 0.15) is 4.88 Å². The Hall–Kier alpha value is -0.690. The van der Waals surface area contributed by atoms with Gasteiger partial charge in [-0.05, 0) is 7.05 Å². The summed E-state index contributed by atoms with van der Waals surface area (Å²) in [6, 6.07) is 0. The fraction of sp³-hybridized carbons (Fsp3) is 0.636.